The minimum absolute atomic E-state index is 0.0657. The van der Waals surface area contributed by atoms with E-state index >= 15 is 0 Å². The van der Waals surface area contributed by atoms with E-state index in [9.17, 15) is 32.3 Å². The molecule has 1 saturated heterocycles. The predicted molar refractivity (Wildman–Crippen MR) is 133 cm³/mol. The first-order chi connectivity index (χ1) is 18.5. The van der Waals surface area contributed by atoms with Gasteiger partial charge in [-0.2, -0.15) is 4.39 Å². The SMILES string of the molecule is Cc1cc2c(=O)n(CC3(O)CCN(C(=O)C[C@H](C(F)F)n4ccc(F)n4)CC3)cnc2n1-c1ccc(F)cc1. The zero-order chi connectivity index (χ0) is 27.9. The summed E-state index contributed by atoms with van der Waals surface area (Å²) in [5, 5.41) is 14.9. The number of aryl methyl sites for hydroxylation is 1. The van der Waals surface area contributed by atoms with Gasteiger partial charge in [0, 0.05) is 36.7 Å². The summed E-state index contributed by atoms with van der Waals surface area (Å²) in [5.74, 6) is -1.86. The highest BCUT2D eigenvalue weighted by Gasteiger charge is 2.36. The lowest BCUT2D eigenvalue weighted by atomic mass is 9.91. The standard InChI is InChI=1S/C26H26F4N6O3/c1-16-12-19-24(36(16)18-4-2-17(27)3-5-18)31-15-34(25(19)38)14-26(39)7-10-33(11-8-26)22(37)13-20(23(29)30)35-9-6-21(28)32-35/h2-6,9,12,15,20,23,39H,7-8,10-11,13-14H2,1H3/t20-/m1/s1. The summed E-state index contributed by atoms with van der Waals surface area (Å²) in [6.07, 6.45) is -0.849. The van der Waals surface area contributed by atoms with Gasteiger partial charge in [-0.05, 0) is 50.1 Å². The molecular weight excluding hydrogens is 520 g/mol. The first kappa shape index (κ1) is 26.6. The molecule has 206 valence electrons. The van der Waals surface area contributed by atoms with Gasteiger partial charge in [-0.1, -0.05) is 0 Å². The van der Waals surface area contributed by atoms with Gasteiger partial charge in [-0.25, -0.2) is 18.2 Å². The van der Waals surface area contributed by atoms with Gasteiger partial charge in [0.25, 0.3) is 12.0 Å². The Hall–Kier alpha value is -4.00. The Bertz CT molecular complexity index is 1550. The van der Waals surface area contributed by atoms with Crippen LogP contribution in [-0.4, -0.2) is 64.9 Å². The number of aromatic nitrogens is 5. The van der Waals surface area contributed by atoms with Crippen molar-refractivity contribution in [3.63, 3.8) is 0 Å². The van der Waals surface area contributed by atoms with E-state index in [0.29, 0.717) is 16.7 Å². The molecule has 3 aromatic heterocycles. The summed E-state index contributed by atoms with van der Waals surface area (Å²) in [6, 6.07) is 6.82. The van der Waals surface area contributed by atoms with E-state index in [1.54, 1.807) is 29.7 Å². The van der Waals surface area contributed by atoms with Gasteiger partial charge in [-0.15, -0.1) is 5.10 Å². The monoisotopic (exact) mass is 546 g/mol. The number of carbonyl (C=O) groups excluding carboxylic acids is 1. The molecule has 1 N–H and O–H groups in total. The molecule has 0 aliphatic carbocycles. The Kier molecular flexibility index (Phi) is 7.02. The molecule has 1 amide bonds. The van der Waals surface area contributed by atoms with Crippen LogP contribution in [-0.2, 0) is 11.3 Å². The zero-order valence-electron chi connectivity index (χ0n) is 21.0. The maximum Gasteiger partial charge on any atom is 0.262 e. The number of nitrogens with zero attached hydrogens (tertiary/aromatic N) is 6. The Morgan fingerprint density at radius 2 is 1.82 bits per heavy atom. The van der Waals surface area contributed by atoms with Crippen molar-refractivity contribution in [2.45, 2.75) is 50.8 Å². The highest BCUT2D eigenvalue weighted by atomic mass is 19.3. The number of likely N-dealkylation sites (tertiary alicyclic amines) is 1. The van der Waals surface area contributed by atoms with Crippen LogP contribution in [0.3, 0.4) is 0 Å². The summed E-state index contributed by atoms with van der Waals surface area (Å²) in [7, 11) is 0. The molecule has 13 heteroatoms. The number of hydrogen-bond acceptors (Lipinski definition) is 5. The van der Waals surface area contributed by atoms with Crippen LogP contribution in [0, 0.1) is 18.7 Å². The number of alkyl halides is 2. The van der Waals surface area contributed by atoms with Gasteiger partial charge in [0.2, 0.25) is 11.9 Å². The quantitative estimate of drug-likeness (QED) is 0.359. The number of hydrogen-bond donors (Lipinski definition) is 1. The molecule has 1 fully saturated rings. The van der Waals surface area contributed by atoms with Crippen LogP contribution in [0.25, 0.3) is 16.7 Å². The average Bonchev–Trinajstić information content (AvgIpc) is 3.47. The third kappa shape index (κ3) is 5.31. The topological polar surface area (TPSA) is 98.2 Å². The Morgan fingerprint density at radius 1 is 1.13 bits per heavy atom. The molecular formula is C26H26F4N6O3. The number of halogens is 4. The highest BCUT2D eigenvalue weighted by molar-refractivity contribution is 5.78. The molecule has 5 rings (SSSR count). The lowest BCUT2D eigenvalue weighted by molar-refractivity contribution is -0.138. The summed E-state index contributed by atoms with van der Waals surface area (Å²) in [5.41, 5.74) is 0.0959. The molecule has 1 aliphatic heterocycles. The summed E-state index contributed by atoms with van der Waals surface area (Å²) >= 11 is 0. The third-order valence-electron chi connectivity index (χ3n) is 7.16. The molecule has 1 aliphatic rings. The van der Waals surface area contributed by atoms with Crippen LogP contribution in [0.4, 0.5) is 17.6 Å². The van der Waals surface area contributed by atoms with Crippen LogP contribution >= 0.6 is 0 Å². The van der Waals surface area contributed by atoms with E-state index in [4.69, 9.17) is 0 Å². The van der Waals surface area contributed by atoms with E-state index < -0.39 is 36.3 Å². The highest BCUT2D eigenvalue weighted by Crippen LogP contribution is 2.27. The van der Waals surface area contributed by atoms with Crippen LogP contribution < -0.4 is 5.56 Å². The summed E-state index contributed by atoms with van der Waals surface area (Å²) < 4.78 is 57.4. The predicted octanol–water partition coefficient (Wildman–Crippen LogP) is 3.22. The molecule has 4 heterocycles. The van der Waals surface area contributed by atoms with Gasteiger partial charge >= 0.3 is 0 Å². The van der Waals surface area contributed by atoms with Crippen LogP contribution in [0.15, 0.2) is 53.7 Å². The molecule has 0 bridgehead atoms. The lowest BCUT2D eigenvalue weighted by Gasteiger charge is -2.38. The first-order valence-electron chi connectivity index (χ1n) is 12.4. The van der Waals surface area contributed by atoms with Crippen molar-refractivity contribution >= 4 is 16.9 Å². The second kappa shape index (κ2) is 10.3. The molecule has 4 aromatic rings. The molecule has 0 radical (unpaired) electrons. The van der Waals surface area contributed by atoms with Crippen molar-refractivity contribution < 1.29 is 27.5 Å². The van der Waals surface area contributed by atoms with E-state index in [0.717, 1.165) is 22.6 Å². The molecule has 0 spiro atoms. The lowest BCUT2D eigenvalue weighted by Crippen LogP contribution is -2.50. The van der Waals surface area contributed by atoms with Gasteiger partial charge in [-0.3, -0.25) is 23.4 Å². The number of amides is 1. The normalized spacial score (nSPS) is 16.2. The van der Waals surface area contributed by atoms with Crippen molar-refractivity contribution in [1.29, 1.82) is 0 Å². The molecule has 0 unspecified atom stereocenters. The van der Waals surface area contributed by atoms with Crippen molar-refractivity contribution in [3.05, 3.63) is 76.7 Å². The van der Waals surface area contributed by atoms with Crippen molar-refractivity contribution in [3.8, 4) is 5.69 Å². The number of benzene rings is 1. The van der Waals surface area contributed by atoms with Crippen LogP contribution in [0.2, 0.25) is 0 Å². The van der Waals surface area contributed by atoms with Crippen molar-refractivity contribution in [2.75, 3.05) is 13.1 Å². The van der Waals surface area contributed by atoms with Gasteiger partial charge in [0.05, 0.1) is 24.0 Å². The van der Waals surface area contributed by atoms with Crippen molar-refractivity contribution in [1.82, 2.24) is 28.8 Å². The number of carbonyl (C=O) groups is 1. The van der Waals surface area contributed by atoms with E-state index in [1.807, 2.05) is 0 Å². The maximum atomic E-state index is 13.5. The zero-order valence-corrected chi connectivity index (χ0v) is 21.0. The number of rotatable bonds is 7. The fraction of sp³-hybridized carbons (Fsp3) is 0.385. The molecule has 0 saturated carbocycles. The fourth-order valence-electron chi connectivity index (χ4n) is 5.02. The first-order valence-corrected chi connectivity index (χ1v) is 12.4. The second-order valence-electron chi connectivity index (χ2n) is 9.84. The molecule has 39 heavy (non-hydrogen) atoms. The minimum Gasteiger partial charge on any atom is -0.388 e. The van der Waals surface area contributed by atoms with E-state index in [2.05, 4.69) is 10.1 Å². The summed E-state index contributed by atoms with van der Waals surface area (Å²) in [4.78, 5) is 31.8. The Balaban J connectivity index is 1.28. The largest absolute Gasteiger partial charge is 0.388 e. The fourth-order valence-corrected chi connectivity index (χ4v) is 5.02. The van der Waals surface area contributed by atoms with Crippen molar-refractivity contribution in [2.24, 2.45) is 0 Å². The Morgan fingerprint density at radius 3 is 2.44 bits per heavy atom. The Labute approximate surface area is 219 Å². The van der Waals surface area contributed by atoms with Gasteiger partial charge < -0.3 is 10.0 Å². The molecule has 1 atom stereocenters. The van der Waals surface area contributed by atoms with Gasteiger partial charge in [0.15, 0.2) is 5.65 Å². The minimum atomic E-state index is -2.93. The molecule has 1 aromatic carbocycles. The second-order valence-corrected chi connectivity index (χ2v) is 9.84. The van der Waals surface area contributed by atoms with Gasteiger partial charge in [0.1, 0.15) is 18.2 Å². The number of fused-ring (bicyclic) bond motifs is 1. The summed E-state index contributed by atoms with van der Waals surface area (Å²) in [6.45, 7) is 1.94. The average molecular weight is 547 g/mol. The smallest absolute Gasteiger partial charge is 0.262 e. The molecule has 9 nitrogen and oxygen atoms in total. The number of piperidine rings is 1. The van der Waals surface area contributed by atoms with E-state index in [-0.39, 0.29) is 43.9 Å². The van der Waals surface area contributed by atoms with E-state index in [1.165, 1.54) is 27.9 Å². The third-order valence-corrected chi connectivity index (χ3v) is 7.16. The number of aliphatic hydroxyl groups is 1. The van der Waals surface area contributed by atoms with Crippen LogP contribution in [0.1, 0.15) is 31.0 Å². The maximum absolute atomic E-state index is 13.5. The van der Waals surface area contributed by atoms with Crippen LogP contribution in [0.5, 0.6) is 0 Å².